The highest BCUT2D eigenvalue weighted by Crippen LogP contribution is 2.22. The summed E-state index contributed by atoms with van der Waals surface area (Å²) < 4.78 is 0. The number of fused-ring (bicyclic) bond motifs is 1. The van der Waals surface area contributed by atoms with Crippen LogP contribution in [-0.4, -0.2) is 34.7 Å². The van der Waals surface area contributed by atoms with Crippen LogP contribution in [0, 0.1) is 5.92 Å². The van der Waals surface area contributed by atoms with E-state index in [1.54, 1.807) is 0 Å². The number of aliphatic hydroxyl groups excluding tert-OH is 1. The number of pyridine rings is 1. The van der Waals surface area contributed by atoms with Gasteiger partial charge in [-0.05, 0) is 11.5 Å². The number of rotatable bonds is 3. The molecule has 0 bridgehead atoms. The Morgan fingerprint density at radius 1 is 1.24 bits per heavy atom. The zero-order valence-electron chi connectivity index (χ0n) is 9.71. The van der Waals surface area contributed by atoms with Gasteiger partial charge in [0.1, 0.15) is 0 Å². The van der Waals surface area contributed by atoms with E-state index in [1.807, 2.05) is 12.3 Å². The molecule has 1 fully saturated rings. The van der Waals surface area contributed by atoms with Crippen LogP contribution in [0.3, 0.4) is 0 Å². The maximum absolute atomic E-state index is 9.00. The molecule has 2 aromatic rings. The fourth-order valence-corrected chi connectivity index (χ4v) is 2.44. The highest BCUT2D eigenvalue weighted by Gasteiger charge is 2.26. The first-order chi connectivity index (χ1) is 8.36. The van der Waals surface area contributed by atoms with E-state index in [0.29, 0.717) is 12.5 Å². The van der Waals surface area contributed by atoms with Gasteiger partial charge in [0.25, 0.3) is 0 Å². The predicted octanol–water partition coefficient (Wildman–Crippen LogP) is 1.66. The van der Waals surface area contributed by atoms with E-state index >= 15 is 0 Å². The van der Waals surface area contributed by atoms with Crippen LogP contribution >= 0.6 is 0 Å². The van der Waals surface area contributed by atoms with Crippen molar-refractivity contribution in [1.29, 1.82) is 0 Å². The fourth-order valence-electron chi connectivity index (χ4n) is 2.44. The minimum Gasteiger partial charge on any atom is -0.396 e. The lowest BCUT2D eigenvalue weighted by atomic mass is 10.0. The van der Waals surface area contributed by atoms with Gasteiger partial charge in [-0.1, -0.05) is 24.3 Å². The summed E-state index contributed by atoms with van der Waals surface area (Å²) in [4.78, 5) is 6.80. The van der Waals surface area contributed by atoms with Crippen molar-refractivity contribution in [2.24, 2.45) is 5.92 Å². The lowest BCUT2D eigenvalue weighted by Gasteiger charge is -2.38. The summed E-state index contributed by atoms with van der Waals surface area (Å²) in [6.45, 7) is 3.17. The summed E-state index contributed by atoms with van der Waals surface area (Å²) in [5.74, 6) is 0.463. The number of hydrogen-bond acceptors (Lipinski definition) is 3. The third-order valence-corrected chi connectivity index (χ3v) is 3.42. The second-order valence-electron chi connectivity index (χ2n) is 4.72. The Morgan fingerprint density at radius 3 is 2.88 bits per heavy atom. The molecule has 0 amide bonds. The zero-order chi connectivity index (χ0) is 11.7. The van der Waals surface area contributed by atoms with Crippen molar-refractivity contribution in [3.8, 4) is 0 Å². The highest BCUT2D eigenvalue weighted by molar-refractivity contribution is 5.84. The maximum atomic E-state index is 9.00. The van der Waals surface area contributed by atoms with Crippen LogP contribution in [0.15, 0.2) is 36.5 Å². The Bertz CT molecular complexity index is 515. The van der Waals surface area contributed by atoms with E-state index in [4.69, 9.17) is 5.11 Å². The molecule has 1 aromatic heterocycles. The molecule has 1 aliphatic heterocycles. The van der Waals surface area contributed by atoms with E-state index in [-0.39, 0.29) is 0 Å². The smallest absolute Gasteiger partial charge is 0.0622 e. The summed E-state index contributed by atoms with van der Waals surface area (Å²) >= 11 is 0. The van der Waals surface area contributed by atoms with Crippen molar-refractivity contribution in [3.63, 3.8) is 0 Å². The van der Waals surface area contributed by atoms with Crippen molar-refractivity contribution in [3.05, 3.63) is 42.2 Å². The summed E-state index contributed by atoms with van der Waals surface area (Å²) in [5.41, 5.74) is 1.14. The van der Waals surface area contributed by atoms with Gasteiger partial charge in [0.2, 0.25) is 0 Å². The molecule has 0 saturated carbocycles. The number of aliphatic hydroxyl groups is 1. The molecule has 0 aliphatic carbocycles. The van der Waals surface area contributed by atoms with Gasteiger partial charge in [-0.2, -0.15) is 0 Å². The lowest BCUT2D eigenvalue weighted by Crippen LogP contribution is -2.47. The Kier molecular flexibility index (Phi) is 2.79. The number of nitrogens with zero attached hydrogens (tertiary/aromatic N) is 2. The first kappa shape index (κ1) is 10.7. The topological polar surface area (TPSA) is 36.4 Å². The molecule has 3 rings (SSSR count). The van der Waals surface area contributed by atoms with Crippen molar-refractivity contribution < 1.29 is 5.11 Å². The molecule has 1 N–H and O–H groups in total. The Balaban J connectivity index is 1.81. The van der Waals surface area contributed by atoms with Crippen LogP contribution in [0.25, 0.3) is 10.8 Å². The Morgan fingerprint density at radius 2 is 2.06 bits per heavy atom. The van der Waals surface area contributed by atoms with E-state index in [0.717, 1.165) is 25.3 Å². The van der Waals surface area contributed by atoms with Crippen LogP contribution in [-0.2, 0) is 6.54 Å². The van der Waals surface area contributed by atoms with Crippen LogP contribution in [0.2, 0.25) is 0 Å². The second-order valence-corrected chi connectivity index (χ2v) is 4.72. The average Bonchev–Trinajstić information content (AvgIpc) is 2.33. The summed E-state index contributed by atoms with van der Waals surface area (Å²) in [7, 11) is 0. The molecule has 88 valence electrons. The highest BCUT2D eigenvalue weighted by atomic mass is 16.3. The zero-order valence-corrected chi connectivity index (χ0v) is 9.71. The van der Waals surface area contributed by atoms with E-state index in [2.05, 4.69) is 34.1 Å². The minimum absolute atomic E-state index is 0.305. The van der Waals surface area contributed by atoms with Gasteiger partial charge in [-0.25, -0.2) is 0 Å². The molecule has 3 heteroatoms. The molecule has 1 saturated heterocycles. The van der Waals surface area contributed by atoms with Crippen molar-refractivity contribution >= 4 is 10.8 Å². The van der Waals surface area contributed by atoms with Gasteiger partial charge >= 0.3 is 0 Å². The van der Waals surface area contributed by atoms with Gasteiger partial charge in [-0.3, -0.25) is 9.88 Å². The molecular weight excluding hydrogens is 212 g/mol. The monoisotopic (exact) mass is 228 g/mol. The Hall–Kier alpha value is -1.45. The van der Waals surface area contributed by atoms with Gasteiger partial charge in [0.15, 0.2) is 0 Å². The Labute approximate surface area is 101 Å². The second kappa shape index (κ2) is 4.43. The number of hydrogen-bond donors (Lipinski definition) is 1. The molecular formula is C14H16N2O. The predicted molar refractivity (Wildman–Crippen MR) is 67.6 cm³/mol. The molecule has 3 nitrogen and oxygen atoms in total. The standard InChI is InChI=1S/C14H16N2O/c17-10-11-7-16(8-11)9-14-13-4-2-1-3-12(13)5-6-15-14/h1-6,11,17H,7-10H2. The van der Waals surface area contributed by atoms with Crippen LogP contribution < -0.4 is 0 Å². The molecule has 1 aromatic carbocycles. The molecule has 0 spiro atoms. The largest absolute Gasteiger partial charge is 0.396 e. The van der Waals surface area contributed by atoms with Gasteiger partial charge < -0.3 is 5.11 Å². The van der Waals surface area contributed by atoms with E-state index < -0.39 is 0 Å². The molecule has 2 heterocycles. The quantitative estimate of drug-likeness (QED) is 0.868. The molecule has 17 heavy (non-hydrogen) atoms. The number of aromatic nitrogens is 1. The first-order valence-corrected chi connectivity index (χ1v) is 6.02. The average molecular weight is 228 g/mol. The normalized spacial score (nSPS) is 17.2. The summed E-state index contributed by atoms with van der Waals surface area (Å²) in [5, 5.41) is 11.5. The van der Waals surface area contributed by atoms with Crippen LogP contribution in [0.5, 0.6) is 0 Å². The SMILES string of the molecule is OCC1CN(Cc2nccc3ccccc23)C1. The number of likely N-dealkylation sites (tertiary alicyclic amines) is 1. The van der Waals surface area contributed by atoms with Crippen LogP contribution in [0.4, 0.5) is 0 Å². The van der Waals surface area contributed by atoms with Crippen molar-refractivity contribution in [1.82, 2.24) is 9.88 Å². The summed E-state index contributed by atoms with van der Waals surface area (Å²) in [6, 6.07) is 10.4. The fraction of sp³-hybridized carbons (Fsp3) is 0.357. The van der Waals surface area contributed by atoms with Crippen LogP contribution in [0.1, 0.15) is 5.69 Å². The lowest BCUT2D eigenvalue weighted by molar-refractivity contribution is 0.0473. The van der Waals surface area contributed by atoms with Gasteiger partial charge in [0, 0.05) is 43.7 Å². The summed E-state index contributed by atoms with van der Waals surface area (Å²) in [6.07, 6.45) is 1.88. The van der Waals surface area contributed by atoms with E-state index in [9.17, 15) is 0 Å². The third-order valence-electron chi connectivity index (χ3n) is 3.42. The molecule has 0 unspecified atom stereocenters. The molecule has 0 atom stereocenters. The van der Waals surface area contributed by atoms with Gasteiger partial charge in [-0.15, -0.1) is 0 Å². The third kappa shape index (κ3) is 2.04. The van der Waals surface area contributed by atoms with Crippen molar-refractivity contribution in [2.45, 2.75) is 6.54 Å². The van der Waals surface area contributed by atoms with Crippen molar-refractivity contribution in [2.75, 3.05) is 19.7 Å². The first-order valence-electron chi connectivity index (χ1n) is 6.02. The minimum atomic E-state index is 0.305. The maximum Gasteiger partial charge on any atom is 0.0622 e. The number of benzene rings is 1. The molecule has 0 radical (unpaired) electrons. The molecule has 1 aliphatic rings. The van der Waals surface area contributed by atoms with E-state index in [1.165, 1.54) is 10.8 Å². The van der Waals surface area contributed by atoms with Gasteiger partial charge in [0.05, 0.1) is 5.69 Å².